The molecule has 0 aliphatic carbocycles. The second kappa shape index (κ2) is 2.13. The predicted octanol–water partition coefficient (Wildman–Crippen LogP) is 0.440. The van der Waals surface area contributed by atoms with E-state index in [1.165, 1.54) is 5.01 Å². The van der Waals surface area contributed by atoms with Gasteiger partial charge in [0, 0.05) is 12.4 Å². The van der Waals surface area contributed by atoms with Gasteiger partial charge in [0.15, 0.2) is 0 Å². The number of aliphatic imine (C=N–C) groups is 1. The number of nitriles is 1. The molecule has 0 atom stereocenters. The van der Waals surface area contributed by atoms with Crippen LogP contribution in [0.1, 0.15) is 0 Å². The first-order chi connectivity index (χ1) is 5.42. The molecule has 0 radical (unpaired) electrons. The fourth-order valence-electron chi connectivity index (χ4n) is 1.07. The van der Waals surface area contributed by atoms with Crippen LogP contribution in [0.4, 0.5) is 0 Å². The number of allylic oxidation sites excluding steroid dienone is 1. The van der Waals surface area contributed by atoms with E-state index in [1.807, 2.05) is 18.5 Å². The first-order valence-electron chi connectivity index (χ1n) is 3.29. The van der Waals surface area contributed by atoms with E-state index in [2.05, 4.69) is 4.99 Å². The predicted molar refractivity (Wildman–Crippen MR) is 39.9 cm³/mol. The molecule has 0 saturated carbocycles. The zero-order chi connectivity index (χ0) is 7.68. The molecule has 4 heteroatoms. The monoisotopic (exact) mass is 146 g/mol. The Hall–Kier alpha value is -1.76. The Morgan fingerprint density at radius 1 is 1.64 bits per heavy atom. The first-order valence-corrected chi connectivity index (χ1v) is 3.29. The van der Waals surface area contributed by atoms with Crippen molar-refractivity contribution in [2.24, 2.45) is 4.99 Å². The molecule has 0 amide bonds. The molecule has 4 nitrogen and oxygen atoms in total. The summed E-state index contributed by atoms with van der Waals surface area (Å²) >= 11 is 0. The molecule has 0 saturated heterocycles. The third-order valence-electron chi connectivity index (χ3n) is 1.58. The van der Waals surface area contributed by atoms with E-state index in [0.717, 1.165) is 5.82 Å². The summed E-state index contributed by atoms with van der Waals surface area (Å²) in [4.78, 5) is 4.07. The number of hydrogen-bond donors (Lipinski definition) is 0. The van der Waals surface area contributed by atoms with Crippen molar-refractivity contribution in [3.05, 3.63) is 24.2 Å². The minimum absolute atomic E-state index is 0.619. The van der Waals surface area contributed by atoms with Crippen LogP contribution in [-0.4, -0.2) is 22.8 Å². The van der Waals surface area contributed by atoms with Crippen LogP contribution in [0, 0.1) is 11.5 Å². The summed E-state index contributed by atoms with van der Waals surface area (Å²) in [7, 11) is 0. The number of hydrazine groups is 1. The van der Waals surface area contributed by atoms with Gasteiger partial charge in [0.2, 0.25) is 6.19 Å². The lowest BCUT2D eigenvalue weighted by atomic mass is 10.5. The maximum atomic E-state index is 8.62. The smallest absolute Gasteiger partial charge is 0.200 e. The van der Waals surface area contributed by atoms with Crippen LogP contribution >= 0.6 is 0 Å². The molecular formula is C7H6N4. The van der Waals surface area contributed by atoms with E-state index in [9.17, 15) is 0 Å². The minimum Gasteiger partial charge on any atom is -0.237 e. The van der Waals surface area contributed by atoms with Crippen molar-refractivity contribution in [1.82, 2.24) is 10.0 Å². The Bertz CT molecular complexity index is 294. The lowest BCUT2D eigenvalue weighted by molar-refractivity contribution is 0.168. The summed E-state index contributed by atoms with van der Waals surface area (Å²) in [6.07, 6.45) is 9.28. The SMILES string of the molecule is N#CN1CC=C2N=CC=CN21. The molecule has 0 spiro atoms. The maximum Gasteiger partial charge on any atom is 0.200 e. The van der Waals surface area contributed by atoms with Crippen molar-refractivity contribution in [1.29, 1.82) is 5.26 Å². The van der Waals surface area contributed by atoms with E-state index in [0.29, 0.717) is 6.54 Å². The largest absolute Gasteiger partial charge is 0.237 e. The Labute approximate surface area is 64.3 Å². The van der Waals surface area contributed by atoms with Gasteiger partial charge in [-0.25, -0.2) is 15.0 Å². The van der Waals surface area contributed by atoms with Gasteiger partial charge in [-0.15, -0.1) is 0 Å². The summed E-state index contributed by atoms with van der Waals surface area (Å²) < 4.78 is 0. The van der Waals surface area contributed by atoms with Crippen LogP contribution < -0.4 is 0 Å². The van der Waals surface area contributed by atoms with Crippen LogP contribution in [-0.2, 0) is 0 Å². The first kappa shape index (κ1) is 5.98. The molecule has 2 aliphatic heterocycles. The molecule has 11 heavy (non-hydrogen) atoms. The summed E-state index contributed by atoms with van der Waals surface area (Å²) in [5.74, 6) is 0.828. The van der Waals surface area contributed by atoms with Gasteiger partial charge in [0.05, 0.1) is 6.54 Å². The average molecular weight is 146 g/mol. The van der Waals surface area contributed by atoms with E-state index >= 15 is 0 Å². The third-order valence-corrected chi connectivity index (χ3v) is 1.58. The standard InChI is InChI=1S/C7H6N4/c8-6-10-5-2-7-9-3-1-4-11(7)10/h1-4H,5H2. The molecule has 0 aromatic heterocycles. The fraction of sp³-hybridized carbons (Fsp3) is 0.143. The van der Waals surface area contributed by atoms with Crippen molar-refractivity contribution in [2.45, 2.75) is 0 Å². The zero-order valence-corrected chi connectivity index (χ0v) is 5.81. The second-order valence-electron chi connectivity index (χ2n) is 2.21. The average Bonchev–Trinajstić information content (AvgIpc) is 2.47. The molecule has 2 rings (SSSR count). The van der Waals surface area contributed by atoms with Crippen molar-refractivity contribution >= 4 is 6.21 Å². The van der Waals surface area contributed by atoms with Gasteiger partial charge in [-0.3, -0.25) is 0 Å². The molecule has 0 aromatic carbocycles. The van der Waals surface area contributed by atoms with Gasteiger partial charge >= 0.3 is 0 Å². The van der Waals surface area contributed by atoms with Gasteiger partial charge in [-0.05, 0) is 12.2 Å². The lowest BCUT2D eigenvalue weighted by Crippen LogP contribution is -2.29. The molecule has 2 heterocycles. The Kier molecular flexibility index (Phi) is 1.16. The fourth-order valence-corrected chi connectivity index (χ4v) is 1.07. The van der Waals surface area contributed by atoms with E-state index in [-0.39, 0.29) is 0 Å². The minimum atomic E-state index is 0.619. The molecule has 0 aromatic rings. The third kappa shape index (κ3) is 0.783. The zero-order valence-electron chi connectivity index (χ0n) is 5.81. The van der Waals surface area contributed by atoms with Gasteiger partial charge in [-0.1, -0.05) is 0 Å². The molecular weight excluding hydrogens is 140 g/mol. The van der Waals surface area contributed by atoms with Crippen LogP contribution in [0.2, 0.25) is 0 Å². The van der Waals surface area contributed by atoms with Crippen LogP contribution in [0.25, 0.3) is 0 Å². The van der Waals surface area contributed by atoms with E-state index in [4.69, 9.17) is 5.26 Å². The highest BCUT2D eigenvalue weighted by Gasteiger charge is 2.20. The van der Waals surface area contributed by atoms with Gasteiger partial charge in [-0.2, -0.15) is 5.26 Å². The normalized spacial score (nSPS) is 19.7. The Morgan fingerprint density at radius 2 is 2.55 bits per heavy atom. The van der Waals surface area contributed by atoms with Crippen molar-refractivity contribution in [3.8, 4) is 6.19 Å². The highest BCUT2D eigenvalue weighted by Crippen LogP contribution is 2.18. The van der Waals surface area contributed by atoms with Gasteiger partial charge in [0.1, 0.15) is 5.82 Å². The van der Waals surface area contributed by atoms with Gasteiger partial charge in [0.25, 0.3) is 0 Å². The number of nitrogens with zero attached hydrogens (tertiary/aromatic N) is 4. The lowest BCUT2D eigenvalue weighted by Gasteiger charge is -2.22. The summed E-state index contributed by atoms with van der Waals surface area (Å²) in [6.45, 7) is 0.619. The summed E-state index contributed by atoms with van der Waals surface area (Å²) in [5.41, 5.74) is 0. The molecule has 0 N–H and O–H groups in total. The number of fused-ring (bicyclic) bond motifs is 1. The molecule has 0 fully saturated rings. The highest BCUT2D eigenvalue weighted by molar-refractivity contribution is 5.73. The number of rotatable bonds is 0. The van der Waals surface area contributed by atoms with Gasteiger partial charge < -0.3 is 0 Å². The topological polar surface area (TPSA) is 42.6 Å². The highest BCUT2D eigenvalue weighted by atomic mass is 15.7. The molecule has 0 unspecified atom stereocenters. The van der Waals surface area contributed by atoms with Crippen molar-refractivity contribution in [3.63, 3.8) is 0 Å². The van der Waals surface area contributed by atoms with E-state index < -0.39 is 0 Å². The molecule has 2 aliphatic rings. The van der Waals surface area contributed by atoms with E-state index in [1.54, 1.807) is 17.3 Å². The maximum absolute atomic E-state index is 8.62. The Balaban J connectivity index is 2.29. The summed E-state index contributed by atoms with van der Waals surface area (Å²) in [5, 5.41) is 11.9. The second-order valence-corrected chi connectivity index (χ2v) is 2.21. The number of hydrogen-bond acceptors (Lipinski definition) is 4. The van der Waals surface area contributed by atoms with Crippen molar-refractivity contribution < 1.29 is 0 Å². The molecule has 0 bridgehead atoms. The quantitative estimate of drug-likeness (QED) is 0.466. The molecule has 54 valence electrons. The van der Waals surface area contributed by atoms with Crippen LogP contribution in [0.3, 0.4) is 0 Å². The summed E-state index contributed by atoms with van der Waals surface area (Å²) in [6, 6.07) is 0. The van der Waals surface area contributed by atoms with Crippen molar-refractivity contribution in [2.75, 3.05) is 6.54 Å². The van der Waals surface area contributed by atoms with Crippen LogP contribution in [0.15, 0.2) is 29.2 Å². The Morgan fingerprint density at radius 3 is 3.36 bits per heavy atom. The van der Waals surface area contributed by atoms with Crippen LogP contribution in [0.5, 0.6) is 0 Å².